The lowest BCUT2D eigenvalue weighted by atomic mass is 10.1. The molecule has 1 aliphatic rings. The lowest BCUT2D eigenvalue weighted by Gasteiger charge is -2.18. The first-order valence-electron chi connectivity index (χ1n) is 9.44. The van der Waals surface area contributed by atoms with Crippen LogP contribution < -0.4 is 15.4 Å². The van der Waals surface area contributed by atoms with Crippen LogP contribution >= 0.6 is 0 Å². The van der Waals surface area contributed by atoms with Crippen molar-refractivity contribution in [2.45, 2.75) is 18.9 Å². The van der Waals surface area contributed by atoms with E-state index in [0.717, 1.165) is 0 Å². The largest absolute Gasteiger partial charge is 0.477 e. The normalized spacial score (nSPS) is 14.1. The Bertz CT molecular complexity index is 954. The molecular weight excluding hydrogens is 370 g/mol. The van der Waals surface area contributed by atoms with Crippen molar-refractivity contribution < 1.29 is 14.3 Å². The number of pyridine rings is 1. The van der Waals surface area contributed by atoms with Crippen molar-refractivity contribution in [1.82, 2.24) is 20.5 Å². The maximum Gasteiger partial charge on any atom is 0.253 e. The number of hydrogen-bond acceptors (Lipinski definition) is 5. The number of H-pyrrole nitrogens is 1. The SMILES string of the molecule is O=C(NC(C(=O)Nc1ccn[nH]1)c1ccccc1)c1ccc(OCC2CC2)nc1. The second-order valence-corrected chi connectivity index (χ2v) is 6.92. The number of rotatable bonds is 8. The zero-order valence-electron chi connectivity index (χ0n) is 15.7. The van der Waals surface area contributed by atoms with Gasteiger partial charge in [0, 0.05) is 18.3 Å². The fourth-order valence-corrected chi connectivity index (χ4v) is 2.78. The van der Waals surface area contributed by atoms with Crippen LogP contribution in [0.25, 0.3) is 0 Å². The molecule has 3 N–H and O–H groups in total. The highest BCUT2D eigenvalue weighted by molar-refractivity contribution is 6.01. The Morgan fingerprint density at radius 1 is 1.14 bits per heavy atom. The Labute approximate surface area is 167 Å². The highest BCUT2D eigenvalue weighted by Gasteiger charge is 2.24. The molecule has 0 bridgehead atoms. The minimum absolute atomic E-state index is 0.346. The maximum absolute atomic E-state index is 12.8. The molecule has 1 aromatic carbocycles. The molecule has 4 rings (SSSR count). The van der Waals surface area contributed by atoms with E-state index in [9.17, 15) is 9.59 Å². The van der Waals surface area contributed by atoms with Crippen molar-refractivity contribution in [1.29, 1.82) is 0 Å². The van der Waals surface area contributed by atoms with Crippen LogP contribution in [0.4, 0.5) is 5.82 Å². The Morgan fingerprint density at radius 2 is 1.97 bits per heavy atom. The maximum atomic E-state index is 12.8. The zero-order chi connectivity index (χ0) is 20.1. The van der Waals surface area contributed by atoms with Crippen molar-refractivity contribution in [3.05, 3.63) is 72.1 Å². The summed E-state index contributed by atoms with van der Waals surface area (Å²) < 4.78 is 5.60. The van der Waals surface area contributed by atoms with Crippen molar-refractivity contribution in [2.24, 2.45) is 5.92 Å². The van der Waals surface area contributed by atoms with Gasteiger partial charge < -0.3 is 15.4 Å². The summed E-state index contributed by atoms with van der Waals surface area (Å²) in [5, 5.41) is 12.0. The third kappa shape index (κ3) is 4.98. The number of anilines is 1. The van der Waals surface area contributed by atoms with E-state index in [2.05, 4.69) is 25.8 Å². The predicted molar refractivity (Wildman–Crippen MR) is 106 cm³/mol. The molecule has 0 spiro atoms. The van der Waals surface area contributed by atoms with Gasteiger partial charge in [-0.15, -0.1) is 0 Å². The topological polar surface area (TPSA) is 109 Å². The summed E-state index contributed by atoms with van der Waals surface area (Å²) in [6.45, 7) is 0.655. The van der Waals surface area contributed by atoms with Crippen LogP contribution in [0.15, 0.2) is 60.9 Å². The Hall–Kier alpha value is -3.68. The van der Waals surface area contributed by atoms with E-state index in [1.54, 1.807) is 30.3 Å². The van der Waals surface area contributed by atoms with Gasteiger partial charge in [-0.05, 0) is 30.4 Å². The number of amides is 2. The van der Waals surface area contributed by atoms with Crippen LogP contribution in [0.1, 0.15) is 34.8 Å². The molecule has 2 amide bonds. The number of aromatic amines is 1. The monoisotopic (exact) mass is 391 g/mol. The van der Waals surface area contributed by atoms with Crippen molar-refractivity contribution in [3.8, 4) is 5.88 Å². The predicted octanol–water partition coefficient (Wildman–Crippen LogP) is 2.70. The number of hydrogen-bond donors (Lipinski definition) is 3. The molecule has 8 nitrogen and oxygen atoms in total. The highest BCUT2D eigenvalue weighted by Crippen LogP contribution is 2.29. The van der Waals surface area contributed by atoms with E-state index in [-0.39, 0.29) is 5.91 Å². The van der Waals surface area contributed by atoms with Gasteiger partial charge in [0.15, 0.2) is 0 Å². The Morgan fingerprint density at radius 3 is 2.62 bits per heavy atom. The average molecular weight is 391 g/mol. The van der Waals surface area contributed by atoms with Gasteiger partial charge in [-0.25, -0.2) is 4.98 Å². The minimum Gasteiger partial charge on any atom is -0.477 e. The van der Waals surface area contributed by atoms with Crippen LogP contribution in [0, 0.1) is 5.92 Å². The summed E-state index contributed by atoms with van der Waals surface area (Å²) in [6.07, 6.45) is 5.38. The van der Waals surface area contributed by atoms with E-state index in [1.807, 2.05) is 18.2 Å². The zero-order valence-corrected chi connectivity index (χ0v) is 15.7. The first-order valence-corrected chi connectivity index (χ1v) is 9.44. The van der Waals surface area contributed by atoms with Gasteiger partial charge in [0.25, 0.3) is 11.8 Å². The number of aromatic nitrogens is 3. The molecule has 0 saturated heterocycles. The van der Waals surface area contributed by atoms with Gasteiger partial charge in [-0.3, -0.25) is 14.7 Å². The number of benzene rings is 1. The number of nitrogens with one attached hydrogen (secondary N) is 3. The molecule has 1 fully saturated rings. The summed E-state index contributed by atoms with van der Waals surface area (Å²) >= 11 is 0. The van der Waals surface area contributed by atoms with Crippen molar-refractivity contribution >= 4 is 17.6 Å². The van der Waals surface area contributed by atoms with Gasteiger partial charge in [-0.1, -0.05) is 30.3 Å². The lowest BCUT2D eigenvalue weighted by molar-refractivity contribution is -0.118. The number of ether oxygens (including phenoxy) is 1. The van der Waals surface area contributed by atoms with Crippen LogP contribution in [0.3, 0.4) is 0 Å². The smallest absolute Gasteiger partial charge is 0.253 e. The second-order valence-electron chi connectivity index (χ2n) is 6.92. The molecule has 0 aliphatic heterocycles. The minimum atomic E-state index is -0.877. The molecule has 148 valence electrons. The molecule has 1 unspecified atom stereocenters. The summed E-state index contributed by atoms with van der Waals surface area (Å²) in [5.41, 5.74) is 1.01. The van der Waals surface area contributed by atoms with Crippen molar-refractivity contribution in [3.63, 3.8) is 0 Å². The number of carbonyl (C=O) groups excluding carboxylic acids is 2. The van der Waals surface area contributed by atoms with E-state index >= 15 is 0 Å². The van der Waals surface area contributed by atoms with Crippen LogP contribution in [0.2, 0.25) is 0 Å². The van der Waals surface area contributed by atoms with Gasteiger partial charge in [0.1, 0.15) is 11.9 Å². The molecule has 1 atom stereocenters. The van der Waals surface area contributed by atoms with Crippen LogP contribution in [-0.4, -0.2) is 33.6 Å². The molecule has 2 aromatic heterocycles. The van der Waals surface area contributed by atoms with E-state index in [1.165, 1.54) is 25.2 Å². The second kappa shape index (κ2) is 8.55. The molecule has 2 heterocycles. The molecule has 3 aromatic rings. The molecule has 1 saturated carbocycles. The quantitative estimate of drug-likeness (QED) is 0.547. The Kier molecular flexibility index (Phi) is 5.51. The van der Waals surface area contributed by atoms with Crippen LogP contribution in [-0.2, 0) is 4.79 Å². The lowest BCUT2D eigenvalue weighted by Crippen LogP contribution is -2.37. The molecule has 29 heavy (non-hydrogen) atoms. The number of nitrogens with zero attached hydrogens (tertiary/aromatic N) is 2. The van der Waals surface area contributed by atoms with Gasteiger partial charge in [-0.2, -0.15) is 5.10 Å². The van der Waals surface area contributed by atoms with E-state index in [4.69, 9.17) is 4.74 Å². The Balaban J connectivity index is 1.45. The first kappa shape index (κ1) is 18.7. The van der Waals surface area contributed by atoms with E-state index < -0.39 is 11.9 Å². The third-order valence-electron chi connectivity index (χ3n) is 4.59. The standard InChI is InChI=1S/C21H21N5O3/c27-20(16-8-9-18(22-12-16)29-13-14-6-7-14)25-19(15-4-2-1-3-5-15)21(28)24-17-10-11-23-26-17/h1-5,8-12,14,19H,6-7,13H2,(H,25,27)(H2,23,24,26,28). The molecule has 8 heteroatoms. The van der Waals surface area contributed by atoms with Gasteiger partial charge >= 0.3 is 0 Å². The molecule has 0 radical (unpaired) electrons. The summed E-state index contributed by atoms with van der Waals surface area (Å²) in [6, 6.07) is 13.1. The van der Waals surface area contributed by atoms with Crippen molar-refractivity contribution in [2.75, 3.05) is 11.9 Å². The average Bonchev–Trinajstić information content (AvgIpc) is 3.45. The van der Waals surface area contributed by atoms with Gasteiger partial charge in [0.05, 0.1) is 18.4 Å². The van der Waals surface area contributed by atoms with E-state index in [0.29, 0.717) is 35.3 Å². The molecule has 1 aliphatic carbocycles. The highest BCUT2D eigenvalue weighted by atomic mass is 16.5. The fourth-order valence-electron chi connectivity index (χ4n) is 2.78. The van der Waals surface area contributed by atoms with Crippen LogP contribution in [0.5, 0.6) is 5.88 Å². The number of carbonyl (C=O) groups is 2. The third-order valence-corrected chi connectivity index (χ3v) is 4.59. The molecular formula is C21H21N5O3. The fraction of sp³-hybridized carbons (Fsp3) is 0.238. The van der Waals surface area contributed by atoms with Gasteiger partial charge in [0.2, 0.25) is 5.88 Å². The summed E-state index contributed by atoms with van der Waals surface area (Å²) in [4.78, 5) is 29.7. The summed E-state index contributed by atoms with van der Waals surface area (Å²) in [7, 11) is 0. The first-order chi connectivity index (χ1) is 14.2. The summed E-state index contributed by atoms with van der Waals surface area (Å²) in [5.74, 6) is 0.778.